The monoisotopic (exact) mass is 294 g/mol. The molecule has 118 valence electrons. The highest BCUT2D eigenvalue weighted by atomic mass is 16.5. The topological polar surface area (TPSA) is 84.4 Å². The summed E-state index contributed by atoms with van der Waals surface area (Å²) in [5.41, 5.74) is 5.87. The summed E-state index contributed by atoms with van der Waals surface area (Å²) in [6.07, 6.45) is 5.38. The van der Waals surface area contributed by atoms with Gasteiger partial charge < -0.3 is 20.5 Å². The van der Waals surface area contributed by atoms with Gasteiger partial charge in [-0.15, -0.1) is 0 Å². The molecule has 1 aliphatic carbocycles. The van der Waals surface area contributed by atoms with E-state index in [4.69, 9.17) is 10.3 Å². The van der Waals surface area contributed by atoms with E-state index in [0.717, 1.165) is 13.1 Å². The number of nitrogens with two attached hydrogens (primary N) is 1. The summed E-state index contributed by atoms with van der Waals surface area (Å²) in [7, 11) is 2.09. The predicted molar refractivity (Wildman–Crippen MR) is 81.9 cm³/mol. The fourth-order valence-corrected chi connectivity index (χ4v) is 3.12. The lowest BCUT2D eigenvalue weighted by Gasteiger charge is -2.37. The maximum absolute atomic E-state index is 11.9. The van der Waals surface area contributed by atoms with E-state index in [1.54, 1.807) is 13.0 Å². The molecule has 21 heavy (non-hydrogen) atoms. The van der Waals surface area contributed by atoms with E-state index < -0.39 is 0 Å². The molecule has 2 unspecified atom stereocenters. The molecule has 1 fully saturated rings. The van der Waals surface area contributed by atoms with Crippen LogP contribution in [0, 0.1) is 12.8 Å². The van der Waals surface area contributed by atoms with Crippen molar-refractivity contribution >= 4 is 11.7 Å². The van der Waals surface area contributed by atoms with Crippen LogP contribution in [-0.4, -0.2) is 42.1 Å². The first kappa shape index (κ1) is 16.0. The standard InChI is InChI=1S/C15H26N4O2/c1-11-9-14(18-21-11)17-15(20)7-8-19(2)13-6-4-3-5-12(13)10-16/h9,12-13H,3-8,10,16H2,1-2H3,(H,17,18,20). The molecule has 0 spiro atoms. The van der Waals surface area contributed by atoms with E-state index >= 15 is 0 Å². The molecule has 1 aromatic heterocycles. The second kappa shape index (κ2) is 7.56. The molecule has 1 aromatic rings. The normalized spacial score (nSPS) is 22.5. The van der Waals surface area contributed by atoms with Gasteiger partial charge in [0.2, 0.25) is 5.91 Å². The molecule has 1 amide bonds. The van der Waals surface area contributed by atoms with Gasteiger partial charge in [0, 0.05) is 25.1 Å². The van der Waals surface area contributed by atoms with E-state index in [-0.39, 0.29) is 5.91 Å². The average Bonchev–Trinajstić information content (AvgIpc) is 2.89. The number of aryl methyl sites for hydroxylation is 1. The largest absolute Gasteiger partial charge is 0.360 e. The Kier molecular flexibility index (Phi) is 5.76. The van der Waals surface area contributed by atoms with E-state index in [0.29, 0.717) is 30.0 Å². The minimum absolute atomic E-state index is 0.0322. The van der Waals surface area contributed by atoms with Crippen LogP contribution in [0.1, 0.15) is 37.9 Å². The fraction of sp³-hybridized carbons (Fsp3) is 0.733. The molecular formula is C15H26N4O2. The number of carbonyl (C=O) groups is 1. The van der Waals surface area contributed by atoms with Gasteiger partial charge in [-0.1, -0.05) is 18.0 Å². The van der Waals surface area contributed by atoms with E-state index in [1.807, 2.05) is 0 Å². The third-order valence-corrected chi connectivity index (χ3v) is 4.32. The van der Waals surface area contributed by atoms with Crippen LogP contribution in [-0.2, 0) is 4.79 Å². The minimum Gasteiger partial charge on any atom is -0.360 e. The SMILES string of the molecule is Cc1cc(NC(=O)CCN(C)C2CCCCC2CN)no1. The first-order valence-corrected chi connectivity index (χ1v) is 7.73. The zero-order valence-corrected chi connectivity index (χ0v) is 13.0. The number of carbonyl (C=O) groups excluding carboxylic acids is 1. The molecule has 0 aliphatic heterocycles. The maximum atomic E-state index is 11.9. The summed E-state index contributed by atoms with van der Waals surface area (Å²) < 4.78 is 4.93. The van der Waals surface area contributed by atoms with E-state index in [9.17, 15) is 4.79 Å². The van der Waals surface area contributed by atoms with Crippen molar-refractivity contribution in [2.45, 2.75) is 45.1 Å². The first-order chi connectivity index (χ1) is 10.1. The number of rotatable bonds is 6. The van der Waals surface area contributed by atoms with E-state index in [2.05, 4.69) is 22.4 Å². The second-order valence-corrected chi connectivity index (χ2v) is 5.95. The van der Waals surface area contributed by atoms with Crippen molar-refractivity contribution in [1.29, 1.82) is 0 Å². The Bertz CT molecular complexity index is 460. The zero-order valence-electron chi connectivity index (χ0n) is 13.0. The van der Waals surface area contributed by atoms with Gasteiger partial charge in [0.05, 0.1) is 0 Å². The van der Waals surface area contributed by atoms with Crippen molar-refractivity contribution in [2.24, 2.45) is 11.7 Å². The number of amides is 1. The molecule has 0 aromatic carbocycles. The van der Waals surface area contributed by atoms with Gasteiger partial charge in [-0.2, -0.15) is 0 Å². The quantitative estimate of drug-likeness (QED) is 0.835. The van der Waals surface area contributed by atoms with Gasteiger partial charge in [-0.05, 0) is 39.3 Å². The number of hydrogen-bond acceptors (Lipinski definition) is 5. The molecule has 6 heteroatoms. The van der Waals surface area contributed by atoms with Crippen molar-refractivity contribution in [3.63, 3.8) is 0 Å². The molecule has 2 rings (SSSR count). The lowest BCUT2D eigenvalue weighted by atomic mass is 9.83. The van der Waals surface area contributed by atoms with Crippen LogP contribution in [0.3, 0.4) is 0 Å². The Hall–Kier alpha value is -1.40. The smallest absolute Gasteiger partial charge is 0.226 e. The zero-order chi connectivity index (χ0) is 15.2. The van der Waals surface area contributed by atoms with Crippen molar-refractivity contribution < 1.29 is 9.32 Å². The number of aromatic nitrogens is 1. The van der Waals surface area contributed by atoms with Crippen LogP contribution in [0.4, 0.5) is 5.82 Å². The summed E-state index contributed by atoms with van der Waals surface area (Å²) in [6.45, 7) is 3.27. The number of anilines is 1. The summed E-state index contributed by atoms with van der Waals surface area (Å²) in [5, 5.41) is 6.51. The molecule has 2 atom stereocenters. The summed E-state index contributed by atoms with van der Waals surface area (Å²) >= 11 is 0. The number of nitrogens with one attached hydrogen (secondary N) is 1. The summed E-state index contributed by atoms with van der Waals surface area (Å²) in [5.74, 6) is 1.70. The molecule has 0 radical (unpaired) electrons. The van der Waals surface area contributed by atoms with Crippen molar-refractivity contribution in [2.75, 3.05) is 25.5 Å². The van der Waals surface area contributed by atoms with Gasteiger partial charge in [0.15, 0.2) is 5.82 Å². The van der Waals surface area contributed by atoms with Crippen LogP contribution in [0.5, 0.6) is 0 Å². The highest BCUT2D eigenvalue weighted by Crippen LogP contribution is 2.27. The highest BCUT2D eigenvalue weighted by Gasteiger charge is 2.27. The Morgan fingerprint density at radius 3 is 2.95 bits per heavy atom. The number of hydrogen-bond donors (Lipinski definition) is 2. The van der Waals surface area contributed by atoms with Gasteiger partial charge in [-0.25, -0.2) is 0 Å². The van der Waals surface area contributed by atoms with Crippen LogP contribution >= 0.6 is 0 Å². The van der Waals surface area contributed by atoms with Gasteiger partial charge in [0.1, 0.15) is 5.76 Å². The Morgan fingerprint density at radius 1 is 1.52 bits per heavy atom. The van der Waals surface area contributed by atoms with E-state index in [1.165, 1.54) is 25.7 Å². The van der Waals surface area contributed by atoms with Crippen molar-refractivity contribution in [3.8, 4) is 0 Å². The molecule has 0 bridgehead atoms. The summed E-state index contributed by atoms with van der Waals surface area (Å²) in [6, 6.07) is 2.22. The third-order valence-electron chi connectivity index (χ3n) is 4.32. The van der Waals surface area contributed by atoms with Crippen LogP contribution < -0.4 is 11.1 Å². The molecule has 3 N–H and O–H groups in total. The second-order valence-electron chi connectivity index (χ2n) is 5.95. The van der Waals surface area contributed by atoms with Crippen LogP contribution in [0.25, 0.3) is 0 Å². The van der Waals surface area contributed by atoms with Crippen molar-refractivity contribution in [3.05, 3.63) is 11.8 Å². The third kappa shape index (κ3) is 4.54. The highest BCUT2D eigenvalue weighted by molar-refractivity contribution is 5.89. The minimum atomic E-state index is -0.0322. The summed E-state index contributed by atoms with van der Waals surface area (Å²) in [4.78, 5) is 14.2. The Balaban J connectivity index is 1.77. The lowest BCUT2D eigenvalue weighted by molar-refractivity contribution is -0.116. The predicted octanol–water partition coefficient (Wildman–Crippen LogP) is 1.76. The molecule has 6 nitrogen and oxygen atoms in total. The molecule has 0 saturated heterocycles. The van der Waals surface area contributed by atoms with Gasteiger partial charge in [-0.3, -0.25) is 4.79 Å². The first-order valence-electron chi connectivity index (χ1n) is 7.73. The maximum Gasteiger partial charge on any atom is 0.226 e. The van der Waals surface area contributed by atoms with Crippen LogP contribution in [0.15, 0.2) is 10.6 Å². The van der Waals surface area contributed by atoms with Crippen LogP contribution in [0.2, 0.25) is 0 Å². The van der Waals surface area contributed by atoms with Gasteiger partial charge >= 0.3 is 0 Å². The molecule has 1 heterocycles. The average molecular weight is 294 g/mol. The Morgan fingerprint density at radius 2 is 2.29 bits per heavy atom. The molecular weight excluding hydrogens is 268 g/mol. The Labute approximate surface area is 126 Å². The number of nitrogens with zero attached hydrogens (tertiary/aromatic N) is 2. The van der Waals surface area contributed by atoms with Crippen molar-refractivity contribution in [1.82, 2.24) is 10.1 Å². The fourth-order valence-electron chi connectivity index (χ4n) is 3.12. The van der Waals surface area contributed by atoms with Gasteiger partial charge in [0.25, 0.3) is 0 Å². The molecule has 1 saturated carbocycles. The lowest BCUT2D eigenvalue weighted by Crippen LogP contribution is -2.44. The molecule has 1 aliphatic rings.